The minimum atomic E-state index is 0.918. The average Bonchev–Trinajstić information content (AvgIpc) is 2.93. The van der Waals surface area contributed by atoms with Gasteiger partial charge < -0.3 is 0 Å². The topological polar surface area (TPSA) is 0 Å². The van der Waals surface area contributed by atoms with Gasteiger partial charge in [0, 0.05) is 0 Å². The van der Waals surface area contributed by atoms with Gasteiger partial charge in [0.25, 0.3) is 0 Å². The van der Waals surface area contributed by atoms with Crippen LogP contribution in [0.4, 0.5) is 0 Å². The van der Waals surface area contributed by atoms with Gasteiger partial charge in [0.2, 0.25) is 0 Å². The minimum absolute atomic E-state index is 0.918. The largest absolute Gasteiger partial charge is 0.0625 e. The SMILES string of the molecule is CC(C)C1CCC(C2CCC(C3CCC(C4CCC(C5CCC(C(C)C)CC5)CC4)CC3)CC2)CC1. The first-order valence-electron chi connectivity index (χ1n) is 17.5. The van der Waals surface area contributed by atoms with Crippen molar-refractivity contribution in [2.24, 2.45) is 71.0 Å². The van der Waals surface area contributed by atoms with E-state index >= 15 is 0 Å². The summed E-state index contributed by atoms with van der Waals surface area (Å²) in [6.07, 6.45) is 31.5. The van der Waals surface area contributed by atoms with E-state index < -0.39 is 0 Å². The van der Waals surface area contributed by atoms with Crippen molar-refractivity contribution < 1.29 is 0 Å². The molecule has 0 aromatic heterocycles. The predicted octanol–water partition coefficient (Wildman–Crippen LogP) is 11.3. The van der Waals surface area contributed by atoms with Crippen molar-refractivity contribution in [2.75, 3.05) is 0 Å². The lowest BCUT2D eigenvalue weighted by molar-refractivity contribution is 0.0729. The van der Waals surface area contributed by atoms with Gasteiger partial charge in [-0.3, -0.25) is 0 Å². The van der Waals surface area contributed by atoms with Gasteiger partial charge in [-0.25, -0.2) is 0 Å². The molecule has 5 fully saturated rings. The molecule has 5 aliphatic carbocycles. The summed E-state index contributed by atoms with van der Waals surface area (Å²) >= 11 is 0. The summed E-state index contributed by atoms with van der Waals surface area (Å²) in [6, 6.07) is 0. The van der Waals surface area contributed by atoms with Crippen LogP contribution >= 0.6 is 0 Å². The molecule has 0 spiro atoms. The first-order valence-corrected chi connectivity index (χ1v) is 17.5. The van der Waals surface area contributed by atoms with Crippen molar-refractivity contribution in [1.82, 2.24) is 0 Å². The van der Waals surface area contributed by atoms with Gasteiger partial charge >= 0.3 is 0 Å². The van der Waals surface area contributed by atoms with E-state index in [0.29, 0.717) is 0 Å². The van der Waals surface area contributed by atoms with Gasteiger partial charge in [0.15, 0.2) is 0 Å². The average molecular weight is 497 g/mol. The van der Waals surface area contributed by atoms with Crippen LogP contribution in [0.5, 0.6) is 0 Å². The van der Waals surface area contributed by atoms with Crippen LogP contribution in [0.25, 0.3) is 0 Å². The molecule has 0 nitrogen and oxygen atoms in total. The van der Waals surface area contributed by atoms with E-state index in [9.17, 15) is 0 Å². The lowest BCUT2D eigenvalue weighted by Crippen LogP contribution is -2.32. The Morgan fingerprint density at radius 3 is 0.528 bits per heavy atom. The second kappa shape index (κ2) is 12.9. The molecule has 5 aliphatic rings. The fraction of sp³-hybridized carbons (Fsp3) is 1.00. The summed E-state index contributed by atoms with van der Waals surface area (Å²) in [7, 11) is 0. The predicted molar refractivity (Wildman–Crippen MR) is 157 cm³/mol. The smallest absolute Gasteiger partial charge is 0.0386 e. The van der Waals surface area contributed by atoms with Gasteiger partial charge in [-0.15, -0.1) is 0 Å². The second-order valence-electron chi connectivity index (χ2n) is 15.9. The van der Waals surface area contributed by atoms with E-state index in [-0.39, 0.29) is 0 Å². The minimum Gasteiger partial charge on any atom is -0.0625 e. The van der Waals surface area contributed by atoms with E-state index in [1.165, 1.54) is 25.7 Å². The van der Waals surface area contributed by atoms with Crippen LogP contribution in [-0.2, 0) is 0 Å². The molecule has 0 saturated heterocycles. The van der Waals surface area contributed by atoms with E-state index in [1.54, 1.807) is 103 Å². The normalized spacial score (nSPS) is 45.2. The maximum atomic E-state index is 2.45. The number of rotatable bonds is 6. The van der Waals surface area contributed by atoms with Crippen LogP contribution < -0.4 is 0 Å². The molecule has 208 valence electrons. The number of hydrogen-bond donors (Lipinski definition) is 0. The zero-order valence-corrected chi connectivity index (χ0v) is 25.1. The Bertz CT molecular complexity index is 550. The fourth-order valence-corrected chi connectivity index (χ4v) is 10.8. The van der Waals surface area contributed by atoms with E-state index in [0.717, 1.165) is 71.0 Å². The maximum Gasteiger partial charge on any atom is -0.0386 e. The molecule has 0 heteroatoms. The Kier molecular flexibility index (Phi) is 9.88. The highest BCUT2D eigenvalue weighted by Gasteiger charge is 2.38. The highest BCUT2D eigenvalue weighted by molar-refractivity contribution is 4.89. The monoisotopic (exact) mass is 497 g/mol. The highest BCUT2D eigenvalue weighted by Crippen LogP contribution is 2.50. The van der Waals surface area contributed by atoms with Crippen LogP contribution in [0, 0.1) is 71.0 Å². The molecule has 36 heavy (non-hydrogen) atoms. The van der Waals surface area contributed by atoms with E-state index in [4.69, 9.17) is 0 Å². The number of hydrogen-bond acceptors (Lipinski definition) is 0. The van der Waals surface area contributed by atoms with Crippen LogP contribution in [0.1, 0.15) is 156 Å². The summed E-state index contributed by atoms with van der Waals surface area (Å²) in [5.41, 5.74) is 0. The lowest BCUT2D eigenvalue weighted by atomic mass is 9.62. The molecule has 0 aromatic carbocycles. The molecule has 0 radical (unpaired) electrons. The Morgan fingerprint density at radius 2 is 0.389 bits per heavy atom. The van der Waals surface area contributed by atoms with Crippen molar-refractivity contribution in [2.45, 2.75) is 156 Å². The zero-order chi connectivity index (χ0) is 25.1. The summed E-state index contributed by atoms with van der Waals surface area (Å²) in [6.45, 7) is 9.81. The molecular weight excluding hydrogens is 432 g/mol. The molecule has 0 bridgehead atoms. The Labute approximate surface area is 226 Å². The molecule has 0 N–H and O–H groups in total. The zero-order valence-electron chi connectivity index (χ0n) is 25.1. The summed E-state index contributed by atoms with van der Waals surface area (Å²) in [5, 5.41) is 0. The van der Waals surface area contributed by atoms with Crippen molar-refractivity contribution in [3.63, 3.8) is 0 Å². The molecular formula is C36H64. The van der Waals surface area contributed by atoms with Crippen molar-refractivity contribution in [3.05, 3.63) is 0 Å². The van der Waals surface area contributed by atoms with Gasteiger partial charge in [-0.05, 0) is 199 Å². The quantitative estimate of drug-likeness (QED) is 0.343. The Hall–Kier alpha value is 0. The van der Waals surface area contributed by atoms with Gasteiger partial charge in [0.05, 0.1) is 0 Å². The third-order valence-electron chi connectivity index (χ3n) is 13.6. The van der Waals surface area contributed by atoms with Crippen molar-refractivity contribution in [3.8, 4) is 0 Å². The van der Waals surface area contributed by atoms with Gasteiger partial charge in [0.1, 0.15) is 0 Å². The molecule has 0 amide bonds. The standard InChI is InChI=1S/C36H64/c1-25(2)27-5-9-29(10-6-27)31-13-17-33(18-14-31)35-21-23-36(24-22-35)34-19-15-32(16-20-34)30-11-7-28(8-12-30)26(3)4/h25-36H,5-24H2,1-4H3. The molecule has 0 atom stereocenters. The second-order valence-corrected chi connectivity index (χ2v) is 15.9. The van der Waals surface area contributed by atoms with Crippen LogP contribution in [0.15, 0.2) is 0 Å². The summed E-state index contributed by atoms with van der Waals surface area (Å²) in [5.74, 6) is 12.7. The van der Waals surface area contributed by atoms with Crippen LogP contribution in [0.2, 0.25) is 0 Å². The molecule has 5 rings (SSSR count). The maximum absolute atomic E-state index is 2.45. The third-order valence-corrected chi connectivity index (χ3v) is 13.6. The van der Waals surface area contributed by atoms with E-state index in [1.807, 2.05) is 0 Å². The van der Waals surface area contributed by atoms with Crippen molar-refractivity contribution >= 4 is 0 Å². The third kappa shape index (κ3) is 6.76. The first-order chi connectivity index (χ1) is 17.5. The summed E-state index contributed by atoms with van der Waals surface area (Å²) < 4.78 is 0. The fourth-order valence-electron chi connectivity index (χ4n) is 10.8. The van der Waals surface area contributed by atoms with Gasteiger partial charge in [-0.1, -0.05) is 27.7 Å². The Morgan fingerprint density at radius 1 is 0.250 bits per heavy atom. The van der Waals surface area contributed by atoms with E-state index in [2.05, 4.69) is 27.7 Å². The van der Waals surface area contributed by atoms with Gasteiger partial charge in [-0.2, -0.15) is 0 Å². The Balaban J connectivity index is 0.977. The molecule has 0 heterocycles. The lowest BCUT2D eigenvalue weighted by Gasteiger charge is -2.44. The summed E-state index contributed by atoms with van der Waals surface area (Å²) in [4.78, 5) is 0. The van der Waals surface area contributed by atoms with Crippen molar-refractivity contribution in [1.29, 1.82) is 0 Å². The van der Waals surface area contributed by atoms with Crippen LogP contribution in [0.3, 0.4) is 0 Å². The highest BCUT2D eigenvalue weighted by atomic mass is 14.4. The molecule has 0 aromatic rings. The molecule has 0 aliphatic heterocycles. The first kappa shape index (κ1) is 27.6. The molecule has 0 unspecified atom stereocenters. The molecule has 5 saturated carbocycles. The van der Waals surface area contributed by atoms with Crippen LogP contribution in [-0.4, -0.2) is 0 Å².